The molecule has 0 aliphatic heterocycles. The van der Waals surface area contributed by atoms with Gasteiger partial charge in [-0.15, -0.1) is 6.42 Å². The van der Waals surface area contributed by atoms with Gasteiger partial charge in [0, 0.05) is 5.56 Å². The van der Waals surface area contributed by atoms with E-state index in [9.17, 15) is 0 Å². The van der Waals surface area contributed by atoms with Gasteiger partial charge in [-0.05, 0) is 60.7 Å². The first-order valence-electron chi connectivity index (χ1n) is 5.76. The van der Waals surface area contributed by atoms with Crippen LogP contribution in [0.15, 0.2) is 36.4 Å². The van der Waals surface area contributed by atoms with Crippen molar-refractivity contribution in [3.8, 4) is 23.5 Å². The molecule has 84 valence electrons. The van der Waals surface area contributed by atoms with Crippen LogP contribution in [-0.2, 0) is 0 Å². The van der Waals surface area contributed by atoms with Gasteiger partial charge in [0.1, 0.15) is 0 Å². The van der Waals surface area contributed by atoms with Crippen LogP contribution < -0.4 is 0 Å². The summed E-state index contributed by atoms with van der Waals surface area (Å²) < 4.78 is 0. The molecule has 0 unspecified atom stereocenters. The van der Waals surface area contributed by atoms with E-state index >= 15 is 0 Å². The second kappa shape index (κ2) is 4.47. The minimum Gasteiger partial charge on any atom is -0.115 e. The van der Waals surface area contributed by atoms with Gasteiger partial charge in [-0.25, -0.2) is 0 Å². The third-order valence-corrected chi connectivity index (χ3v) is 3.01. The zero-order valence-corrected chi connectivity index (χ0v) is 10.5. The van der Waals surface area contributed by atoms with E-state index in [0.29, 0.717) is 0 Å². The molecule has 0 fully saturated rings. The van der Waals surface area contributed by atoms with Gasteiger partial charge in [0.05, 0.1) is 0 Å². The number of terminal acetylenes is 1. The molecule has 0 aliphatic rings. The van der Waals surface area contributed by atoms with Crippen LogP contribution in [-0.4, -0.2) is 0 Å². The second-order valence-corrected chi connectivity index (χ2v) is 4.50. The Balaban J connectivity index is 2.69. The number of aryl methyl sites for hydroxylation is 3. The highest BCUT2D eigenvalue weighted by Gasteiger charge is 2.06. The molecular weight excluding hydrogens is 204 g/mol. The predicted octanol–water partition coefficient (Wildman–Crippen LogP) is 4.26. The maximum atomic E-state index is 5.49. The van der Waals surface area contributed by atoms with E-state index in [-0.39, 0.29) is 0 Å². The molecule has 0 aliphatic carbocycles. The second-order valence-electron chi connectivity index (χ2n) is 4.50. The highest BCUT2D eigenvalue weighted by Crippen LogP contribution is 2.28. The number of hydrogen-bond acceptors (Lipinski definition) is 0. The number of benzene rings is 2. The molecule has 2 aromatic carbocycles. The first-order chi connectivity index (χ1) is 8.11. The summed E-state index contributed by atoms with van der Waals surface area (Å²) in [6, 6.07) is 12.7. The number of rotatable bonds is 1. The van der Waals surface area contributed by atoms with Crippen molar-refractivity contribution in [3.05, 3.63) is 58.7 Å². The van der Waals surface area contributed by atoms with Crippen LogP contribution in [0.1, 0.15) is 22.3 Å². The van der Waals surface area contributed by atoms with Crippen molar-refractivity contribution < 1.29 is 0 Å². The maximum absolute atomic E-state index is 5.49. The Morgan fingerprint density at radius 2 is 1.59 bits per heavy atom. The molecule has 0 N–H and O–H groups in total. The van der Waals surface area contributed by atoms with Gasteiger partial charge in [0.15, 0.2) is 0 Å². The fourth-order valence-corrected chi connectivity index (χ4v) is 2.28. The molecule has 17 heavy (non-hydrogen) atoms. The summed E-state index contributed by atoms with van der Waals surface area (Å²) in [7, 11) is 0. The van der Waals surface area contributed by atoms with Gasteiger partial charge >= 0.3 is 0 Å². The zero-order chi connectivity index (χ0) is 12.4. The zero-order valence-electron chi connectivity index (χ0n) is 10.5. The topological polar surface area (TPSA) is 0 Å². The van der Waals surface area contributed by atoms with Crippen molar-refractivity contribution in [2.75, 3.05) is 0 Å². The third-order valence-electron chi connectivity index (χ3n) is 3.01. The predicted molar refractivity (Wildman–Crippen MR) is 74.0 cm³/mol. The van der Waals surface area contributed by atoms with E-state index in [4.69, 9.17) is 6.42 Å². The summed E-state index contributed by atoms with van der Waals surface area (Å²) in [5.74, 6) is 2.72. The van der Waals surface area contributed by atoms with Gasteiger partial charge in [0.2, 0.25) is 0 Å². The molecule has 0 heteroatoms. The molecule has 0 atom stereocenters. The molecule has 2 rings (SSSR count). The van der Waals surface area contributed by atoms with E-state index in [2.05, 4.69) is 57.0 Å². The Labute approximate surface area is 103 Å². The van der Waals surface area contributed by atoms with E-state index < -0.39 is 0 Å². The monoisotopic (exact) mass is 220 g/mol. The quantitative estimate of drug-likeness (QED) is 0.630. The SMILES string of the molecule is C#Cc1cc(C)cc(-c2c(C)cccc2C)c1. The summed E-state index contributed by atoms with van der Waals surface area (Å²) in [6.07, 6.45) is 5.49. The Bertz CT molecular complexity index is 578. The molecule has 0 spiro atoms. The van der Waals surface area contributed by atoms with Gasteiger partial charge in [-0.3, -0.25) is 0 Å². The van der Waals surface area contributed by atoms with Crippen LogP contribution >= 0.6 is 0 Å². The van der Waals surface area contributed by atoms with Crippen molar-refractivity contribution in [2.45, 2.75) is 20.8 Å². The highest BCUT2D eigenvalue weighted by atomic mass is 14.1. The molecule has 0 heterocycles. The summed E-state index contributed by atoms with van der Waals surface area (Å²) >= 11 is 0. The summed E-state index contributed by atoms with van der Waals surface area (Å²) in [4.78, 5) is 0. The Morgan fingerprint density at radius 1 is 0.941 bits per heavy atom. The lowest BCUT2D eigenvalue weighted by Crippen LogP contribution is -1.89. The molecule has 0 saturated heterocycles. The first-order valence-corrected chi connectivity index (χ1v) is 5.76. The maximum Gasteiger partial charge on any atom is 0.0251 e. The fourth-order valence-electron chi connectivity index (χ4n) is 2.28. The molecule has 0 saturated carbocycles. The highest BCUT2D eigenvalue weighted by molar-refractivity contribution is 5.72. The van der Waals surface area contributed by atoms with Gasteiger partial charge in [-0.1, -0.05) is 30.2 Å². The van der Waals surface area contributed by atoms with Crippen molar-refractivity contribution in [1.82, 2.24) is 0 Å². The van der Waals surface area contributed by atoms with Gasteiger partial charge in [-0.2, -0.15) is 0 Å². The lowest BCUT2D eigenvalue weighted by molar-refractivity contribution is 1.36. The van der Waals surface area contributed by atoms with Crippen molar-refractivity contribution >= 4 is 0 Å². The average Bonchev–Trinajstić information content (AvgIpc) is 2.28. The summed E-state index contributed by atoms with van der Waals surface area (Å²) in [6.45, 7) is 6.36. The van der Waals surface area contributed by atoms with Crippen LogP contribution in [0.5, 0.6) is 0 Å². The largest absolute Gasteiger partial charge is 0.115 e. The van der Waals surface area contributed by atoms with E-state index in [1.54, 1.807) is 0 Å². The minimum absolute atomic E-state index is 0.947. The van der Waals surface area contributed by atoms with Gasteiger partial charge < -0.3 is 0 Å². The Hall–Kier alpha value is -2.00. The summed E-state index contributed by atoms with van der Waals surface area (Å²) in [5.41, 5.74) is 7.25. The lowest BCUT2D eigenvalue weighted by atomic mass is 9.93. The minimum atomic E-state index is 0.947. The van der Waals surface area contributed by atoms with E-state index in [0.717, 1.165) is 5.56 Å². The average molecular weight is 220 g/mol. The van der Waals surface area contributed by atoms with Crippen LogP contribution in [0.25, 0.3) is 11.1 Å². The molecule has 0 aromatic heterocycles. The van der Waals surface area contributed by atoms with Crippen molar-refractivity contribution in [3.63, 3.8) is 0 Å². The lowest BCUT2D eigenvalue weighted by Gasteiger charge is -2.11. The van der Waals surface area contributed by atoms with E-state index in [1.807, 2.05) is 6.07 Å². The molecular formula is C17H16. The smallest absolute Gasteiger partial charge is 0.0251 e. The molecule has 0 nitrogen and oxygen atoms in total. The summed E-state index contributed by atoms with van der Waals surface area (Å²) in [5, 5.41) is 0. The van der Waals surface area contributed by atoms with Gasteiger partial charge in [0.25, 0.3) is 0 Å². The fraction of sp³-hybridized carbons (Fsp3) is 0.176. The number of hydrogen-bond donors (Lipinski definition) is 0. The first kappa shape index (κ1) is 11.5. The van der Waals surface area contributed by atoms with Crippen molar-refractivity contribution in [1.29, 1.82) is 0 Å². The third kappa shape index (κ3) is 2.24. The normalized spacial score (nSPS) is 10.0. The van der Waals surface area contributed by atoms with Crippen LogP contribution in [0.3, 0.4) is 0 Å². The Kier molecular flexibility index (Phi) is 3.02. The molecule has 2 aromatic rings. The van der Waals surface area contributed by atoms with Crippen LogP contribution in [0.2, 0.25) is 0 Å². The standard InChI is InChI=1S/C17H16/c1-5-15-9-12(2)10-16(11-15)17-13(3)7-6-8-14(17)4/h1,6-11H,2-4H3. The van der Waals surface area contributed by atoms with Crippen molar-refractivity contribution in [2.24, 2.45) is 0 Å². The molecule has 0 bridgehead atoms. The molecule has 0 amide bonds. The van der Waals surface area contributed by atoms with Crippen LogP contribution in [0, 0.1) is 33.1 Å². The van der Waals surface area contributed by atoms with E-state index in [1.165, 1.54) is 27.8 Å². The Morgan fingerprint density at radius 3 is 2.18 bits per heavy atom. The van der Waals surface area contributed by atoms with Crippen LogP contribution in [0.4, 0.5) is 0 Å². The molecule has 0 radical (unpaired) electrons.